The van der Waals surface area contributed by atoms with Crippen molar-refractivity contribution in [1.29, 1.82) is 0 Å². The molecule has 164 valence electrons. The molecule has 2 aliphatic rings. The Kier molecular flexibility index (Phi) is 6.86. The van der Waals surface area contributed by atoms with E-state index in [0.717, 1.165) is 40.5 Å². The fourth-order valence-electron chi connectivity index (χ4n) is 4.17. The molecular weight excluding hydrogens is 408 g/mol. The fourth-order valence-corrected chi connectivity index (χ4v) is 5.17. The third kappa shape index (κ3) is 5.24. The molecule has 4 rings (SSSR count). The molecule has 1 saturated heterocycles. The van der Waals surface area contributed by atoms with Crippen LogP contribution >= 0.6 is 11.8 Å². The molecule has 0 N–H and O–H groups in total. The van der Waals surface area contributed by atoms with Gasteiger partial charge in [-0.1, -0.05) is 24.3 Å². The first-order valence-electron chi connectivity index (χ1n) is 11.0. The largest absolute Gasteiger partial charge is 0.490 e. The number of carbonyl (C=O) groups is 2. The number of fused-ring (bicyclic) bond motifs is 1. The normalized spacial score (nSPS) is 16.7. The van der Waals surface area contributed by atoms with Crippen molar-refractivity contribution in [2.75, 3.05) is 30.3 Å². The number of hydrogen-bond acceptors (Lipinski definition) is 4. The van der Waals surface area contributed by atoms with Gasteiger partial charge in [-0.05, 0) is 43.2 Å². The van der Waals surface area contributed by atoms with Crippen LogP contribution in [0.2, 0.25) is 0 Å². The Morgan fingerprint density at radius 3 is 2.55 bits per heavy atom. The van der Waals surface area contributed by atoms with Crippen LogP contribution in [0, 0.1) is 13.8 Å². The first-order chi connectivity index (χ1) is 15.0. The minimum absolute atomic E-state index is 0.0363. The predicted molar refractivity (Wildman–Crippen MR) is 125 cm³/mol. The minimum atomic E-state index is 0.0363. The summed E-state index contributed by atoms with van der Waals surface area (Å²) in [6, 6.07) is 14.2. The molecule has 2 aromatic carbocycles. The third-order valence-electron chi connectivity index (χ3n) is 6.01. The fraction of sp³-hybridized carbons (Fsp3) is 0.440. The van der Waals surface area contributed by atoms with Gasteiger partial charge in [-0.3, -0.25) is 9.59 Å². The Bertz CT molecular complexity index is 954. The Labute approximate surface area is 188 Å². The molecule has 2 heterocycles. The maximum atomic E-state index is 12.8. The van der Waals surface area contributed by atoms with Crippen molar-refractivity contribution in [2.45, 2.75) is 50.5 Å². The molecule has 0 atom stereocenters. The number of para-hydroxylation sites is 1. The van der Waals surface area contributed by atoms with Gasteiger partial charge in [-0.15, -0.1) is 11.8 Å². The summed E-state index contributed by atoms with van der Waals surface area (Å²) in [7, 11) is 0. The number of likely N-dealkylation sites (tertiary alicyclic amines) is 1. The summed E-state index contributed by atoms with van der Waals surface area (Å²) in [6.07, 6.45) is 2.31. The van der Waals surface area contributed by atoms with Gasteiger partial charge in [0.2, 0.25) is 11.8 Å². The SMILES string of the molecule is Cc1ccc(C)c(OC2CCN(C(=O)CCC(=O)N3CCSc4ccccc43)CC2)c1. The highest BCUT2D eigenvalue weighted by Gasteiger charge is 2.27. The van der Waals surface area contributed by atoms with Crippen molar-refractivity contribution in [1.82, 2.24) is 4.90 Å². The van der Waals surface area contributed by atoms with Gasteiger partial charge in [0.1, 0.15) is 11.9 Å². The lowest BCUT2D eigenvalue weighted by Gasteiger charge is -2.33. The Morgan fingerprint density at radius 1 is 1.00 bits per heavy atom. The van der Waals surface area contributed by atoms with Crippen LogP contribution in [0.25, 0.3) is 0 Å². The summed E-state index contributed by atoms with van der Waals surface area (Å²) >= 11 is 1.78. The van der Waals surface area contributed by atoms with Crippen LogP contribution in [0.5, 0.6) is 5.75 Å². The minimum Gasteiger partial charge on any atom is -0.490 e. The number of hydrogen-bond donors (Lipinski definition) is 0. The molecule has 0 aromatic heterocycles. The van der Waals surface area contributed by atoms with E-state index in [2.05, 4.69) is 38.1 Å². The lowest BCUT2D eigenvalue weighted by atomic mass is 10.1. The molecule has 0 bridgehead atoms. The zero-order valence-electron chi connectivity index (χ0n) is 18.3. The Morgan fingerprint density at radius 2 is 1.74 bits per heavy atom. The molecule has 2 aromatic rings. The highest BCUT2D eigenvalue weighted by Crippen LogP contribution is 2.34. The molecule has 0 unspecified atom stereocenters. The van der Waals surface area contributed by atoms with E-state index in [1.165, 1.54) is 5.56 Å². The zero-order chi connectivity index (χ0) is 21.8. The number of nitrogens with zero attached hydrogens (tertiary/aromatic N) is 2. The van der Waals surface area contributed by atoms with E-state index in [1.54, 1.807) is 11.8 Å². The van der Waals surface area contributed by atoms with E-state index < -0.39 is 0 Å². The van der Waals surface area contributed by atoms with Gasteiger partial charge < -0.3 is 14.5 Å². The van der Waals surface area contributed by atoms with Gasteiger partial charge in [0.25, 0.3) is 0 Å². The number of amides is 2. The van der Waals surface area contributed by atoms with Gasteiger partial charge >= 0.3 is 0 Å². The highest BCUT2D eigenvalue weighted by molar-refractivity contribution is 7.99. The Hall–Kier alpha value is -2.47. The first-order valence-corrected chi connectivity index (χ1v) is 12.0. The van der Waals surface area contributed by atoms with Crippen LogP contribution in [0.3, 0.4) is 0 Å². The van der Waals surface area contributed by atoms with Crippen molar-refractivity contribution in [3.8, 4) is 5.75 Å². The van der Waals surface area contributed by atoms with Gasteiger partial charge in [0.15, 0.2) is 0 Å². The summed E-state index contributed by atoms with van der Waals surface area (Å²) < 4.78 is 6.21. The standard InChI is InChI=1S/C25H30N2O3S/c1-18-7-8-19(2)22(17-18)30-20-11-13-26(14-12-20)24(28)9-10-25(29)27-15-16-31-23-6-4-3-5-21(23)27/h3-8,17,20H,9-16H2,1-2H3. The van der Waals surface area contributed by atoms with Crippen LogP contribution < -0.4 is 9.64 Å². The van der Waals surface area contributed by atoms with Crippen molar-refractivity contribution in [3.63, 3.8) is 0 Å². The van der Waals surface area contributed by atoms with Crippen molar-refractivity contribution in [2.24, 2.45) is 0 Å². The third-order valence-corrected chi connectivity index (χ3v) is 7.06. The van der Waals surface area contributed by atoms with E-state index in [-0.39, 0.29) is 30.8 Å². The molecule has 2 amide bonds. The lowest BCUT2D eigenvalue weighted by molar-refractivity contribution is -0.134. The molecule has 6 heteroatoms. The summed E-state index contributed by atoms with van der Waals surface area (Å²) in [6.45, 7) is 6.20. The molecule has 1 fully saturated rings. The van der Waals surface area contributed by atoms with Crippen LogP contribution in [-0.4, -0.2) is 48.2 Å². The van der Waals surface area contributed by atoms with E-state index in [1.807, 2.05) is 28.0 Å². The lowest BCUT2D eigenvalue weighted by Crippen LogP contribution is -2.42. The number of benzene rings is 2. The van der Waals surface area contributed by atoms with E-state index >= 15 is 0 Å². The number of carbonyl (C=O) groups excluding carboxylic acids is 2. The molecule has 5 nitrogen and oxygen atoms in total. The maximum absolute atomic E-state index is 12.8. The second-order valence-corrected chi connectivity index (χ2v) is 9.47. The van der Waals surface area contributed by atoms with Gasteiger partial charge in [0.05, 0.1) is 5.69 Å². The van der Waals surface area contributed by atoms with E-state index in [4.69, 9.17) is 4.74 Å². The second kappa shape index (κ2) is 9.77. The number of piperidine rings is 1. The Balaban J connectivity index is 1.25. The van der Waals surface area contributed by atoms with Crippen LogP contribution in [0.1, 0.15) is 36.8 Å². The first kappa shape index (κ1) is 21.8. The van der Waals surface area contributed by atoms with E-state index in [0.29, 0.717) is 19.6 Å². The number of ether oxygens (including phenoxy) is 1. The number of anilines is 1. The predicted octanol–water partition coefficient (Wildman–Crippen LogP) is 4.59. The van der Waals surface area contributed by atoms with Crippen molar-refractivity contribution >= 4 is 29.3 Å². The molecule has 0 spiro atoms. The van der Waals surface area contributed by atoms with Crippen molar-refractivity contribution < 1.29 is 14.3 Å². The number of rotatable bonds is 5. The molecular formula is C25H30N2O3S. The van der Waals surface area contributed by atoms with Crippen LogP contribution in [0.15, 0.2) is 47.4 Å². The van der Waals surface area contributed by atoms with Gasteiger partial charge in [-0.25, -0.2) is 0 Å². The summed E-state index contributed by atoms with van der Waals surface area (Å²) in [5.74, 6) is 1.94. The topological polar surface area (TPSA) is 49.9 Å². The van der Waals surface area contributed by atoms with E-state index in [9.17, 15) is 9.59 Å². The quantitative estimate of drug-likeness (QED) is 0.685. The summed E-state index contributed by atoms with van der Waals surface area (Å²) in [4.78, 5) is 30.4. The monoisotopic (exact) mass is 438 g/mol. The van der Waals surface area contributed by atoms with Gasteiger partial charge in [-0.2, -0.15) is 0 Å². The average Bonchev–Trinajstić information content (AvgIpc) is 2.79. The average molecular weight is 439 g/mol. The molecule has 2 aliphatic heterocycles. The number of thioether (sulfide) groups is 1. The smallest absolute Gasteiger partial charge is 0.227 e. The highest BCUT2D eigenvalue weighted by atomic mass is 32.2. The summed E-state index contributed by atoms with van der Waals surface area (Å²) in [5, 5.41) is 0. The molecule has 0 radical (unpaired) electrons. The maximum Gasteiger partial charge on any atom is 0.227 e. The molecule has 31 heavy (non-hydrogen) atoms. The second-order valence-electron chi connectivity index (χ2n) is 8.33. The molecule has 0 aliphatic carbocycles. The van der Waals surface area contributed by atoms with Crippen LogP contribution in [0.4, 0.5) is 5.69 Å². The van der Waals surface area contributed by atoms with Crippen molar-refractivity contribution in [3.05, 3.63) is 53.6 Å². The number of aryl methyl sites for hydroxylation is 2. The zero-order valence-corrected chi connectivity index (χ0v) is 19.1. The summed E-state index contributed by atoms with van der Waals surface area (Å²) in [5.41, 5.74) is 3.30. The van der Waals surface area contributed by atoms with Crippen LogP contribution in [-0.2, 0) is 9.59 Å². The van der Waals surface area contributed by atoms with Gasteiger partial charge in [0, 0.05) is 56.0 Å². The molecule has 0 saturated carbocycles.